The Morgan fingerprint density at radius 3 is 2.82 bits per heavy atom. The Hall–Kier alpha value is -0.510. The van der Waals surface area contributed by atoms with Gasteiger partial charge in [-0.05, 0) is 18.7 Å². The van der Waals surface area contributed by atoms with Crippen molar-refractivity contribution in [2.45, 2.75) is 12.5 Å². The summed E-state index contributed by atoms with van der Waals surface area (Å²) < 4.78 is 0. The van der Waals surface area contributed by atoms with Crippen LogP contribution in [-0.4, -0.2) is 43.1 Å². The summed E-state index contributed by atoms with van der Waals surface area (Å²) in [5.41, 5.74) is 1.51. The van der Waals surface area contributed by atoms with Crippen LogP contribution in [0.3, 0.4) is 0 Å². The average molecular weight is 250 g/mol. The van der Waals surface area contributed by atoms with Crippen molar-refractivity contribution in [3.05, 3.63) is 35.9 Å². The van der Waals surface area contributed by atoms with E-state index in [1.807, 2.05) is 11.8 Å². The Balaban J connectivity index is 2.04. The molecule has 0 aliphatic carbocycles. The van der Waals surface area contributed by atoms with Crippen LogP contribution >= 0.6 is 11.8 Å². The zero-order valence-corrected chi connectivity index (χ0v) is 11.6. The number of hydrogen-bond donors (Lipinski definition) is 1. The maximum Gasteiger partial charge on any atom is 0.0535 e. The van der Waals surface area contributed by atoms with Crippen LogP contribution in [0.25, 0.3) is 0 Å². The van der Waals surface area contributed by atoms with E-state index in [1.165, 1.54) is 24.4 Å². The summed E-state index contributed by atoms with van der Waals surface area (Å²) in [6, 6.07) is 10.8. The van der Waals surface area contributed by atoms with Gasteiger partial charge in [-0.25, -0.2) is 0 Å². The molecule has 0 bridgehead atoms. The molecule has 2 nitrogen and oxygen atoms in total. The average Bonchev–Trinajstić information content (AvgIpc) is 2.38. The van der Waals surface area contributed by atoms with Gasteiger partial charge in [0.2, 0.25) is 0 Å². The highest BCUT2D eigenvalue weighted by Gasteiger charge is 2.31. The normalized spacial score (nSPS) is 26.0. The van der Waals surface area contributed by atoms with E-state index in [2.05, 4.69) is 53.7 Å². The molecular formula is C14H22N2S. The Kier molecular flexibility index (Phi) is 4.48. The number of thioether (sulfide) groups is 1. The Labute approximate surface area is 109 Å². The molecule has 1 unspecified atom stereocenters. The second-order valence-corrected chi connectivity index (χ2v) is 5.88. The van der Waals surface area contributed by atoms with Crippen molar-refractivity contribution in [1.82, 2.24) is 10.2 Å². The Morgan fingerprint density at radius 2 is 2.12 bits per heavy atom. The summed E-state index contributed by atoms with van der Waals surface area (Å²) in [5, 5.41) is 3.67. The maximum absolute atomic E-state index is 3.67. The van der Waals surface area contributed by atoms with E-state index in [4.69, 9.17) is 0 Å². The zero-order valence-electron chi connectivity index (χ0n) is 10.8. The second kappa shape index (κ2) is 5.89. The maximum atomic E-state index is 3.67. The van der Waals surface area contributed by atoms with Gasteiger partial charge in [0.05, 0.1) is 5.54 Å². The Bertz CT molecular complexity index is 341. The van der Waals surface area contributed by atoms with Gasteiger partial charge in [-0.3, -0.25) is 4.90 Å². The summed E-state index contributed by atoms with van der Waals surface area (Å²) in [5.74, 6) is 1.23. The Morgan fingerprint density at radius 1 is 1.35 bits per heavy atom. The van der Waals surface area contributed by atoms with Gasteiger partial charge >= 0.3 is 0 Å². The molecule has 0 saturated carbocycles. The molecule has 1 saturated heterocycles. The molecule has 1 aromatic rings. The molecule has 1 aliphatic rings. The van der Waals surface area contributed by atoms with E-state index in [0.29, 0.717) is 0 Å². The molecule has 0 spiro atoms. The van der Waals surface area contributed by atoms with Crippen molar-refractivity contribution in [3.8, 4) is 0 Å². The van der Waals surface area contributed by atoms with Gasteiger partial charge in [0.25, 0.3) is 0 Å². The van der Waals surface area contributed by atoms with Crippen LogP contribution in [0.2, 0.25) is 0 Å². The molecule has 17 heavy (non-hydrogen) atoms. The number of hydrogen-bond acceptors (Lipinski definition) is 3. The third kappa shape index (κ3) is 3.24. The van der Waals surface area contributed by atoms with Crippen molar-refractivity contribution < 1.29 is 0 Å². The molecule has 1 atom stereocenters. The first-order valence-electron chi connectivity index (χ1n) is 6.26. The van der Waals surface area contributed by atoms with Gasteiger partial charge in [-0.15, -0.1) is 0 Å². The summed E-state index contributed by atoms with van der Waals surface area (Å²) in [7, 11) is 0. The predicted molar refractivity (Wildman–Crippen MR) is 76.6 cm³/mol. The van der Waals surface area contributed by atoms with E-state index in [-0.39, 0.29) is 5.54 Å². The number of rotatable bonds is 4. The number of nitrogens with zero attached hydrogens (tertiary/aromatic N) is 1. The van der Waals surface area contributed by atoms with Gasteiger partial charge in [0, 0.05) is 31.9 Å². The number of nitrogens with one attached hydrogen (secondary N) is 1. The fourth-order valence-corrected chi connectivity index (χ4v) is 2.92. The lowest BCUT2D eigenvalue weighted by atomic mass is 9.90. The van der Waals surface area contributed by atoms with Gasteiger partial charge in [-0.2, -0.15) is 11.8 Å². The van der Waals surface area contributed by atoms with Crippen LogP contribution in [0.5, 0.6) is 0 Å². The van der Waals surface area contributed by atoms with Crippen LogP contribution in [0.15, 0.2) is 30.3 Å². The van der Waals surface area contributed by atoms with E-state index in [9.17, 15) is 0 Å². The van der Waals surface area contributed by atoms with Crippen molar-refractivity contribution >= 4 is 11.8 Å². The monoisotopic (exact) mass is 250 g/mol. The van der Waals surface area contributed by atoms with E-state index < -0.39 is 0 Å². The van der Waals surface area contributed by atoms with Crippen LogP contribution in [0.1, 0.15) is 12.5 Å². The minimum Gasteiger partial charge on any atom is -0.305 e. The van der Waals surface area contributed by atoms with Crippen molar-refractivity contribution in [2.24, 2.45) is 0 Å². The van der Waals surface area contributed by atoms with Gasteiger partial charge in [-0.1, -0.05) is 30.3 Å². The fourth-order valence-electron chi connectivity index (χ4n) is 2.48. The van der Waals surface area contributed by atoms with Crippen LogP contribution in [-0.2, 0) is 5.54 Å². The summed E-state index contributed by atoms with van der Waals surface area (Å²) in [6.45, 7) is 6.87. The SMILES string of the molecule is CSCCN1CCNC(C)(c2ccccc2)C1. The third-order valence-electron chi connectivity index (χ3n) is 3.51. The number of benzene rings is 1. The molecule has 3 heteroatoms. The largest absolute Gasteiger partial charge is 0.305 e. The lowest BCUT2D eigenvalue weighted by molar-refractivity contribution is 0.150. The predicted octanol–water partition coefficient (Wildman–Crippen LogP) is 2.17. The molecular weight excluding hydrogens is 228 g/mol. The zero-order chi connectivity index (χ0) is 12.1. The van der Waals surface area contributed by atoms with Crippen LogP contribution in [0, 0.1) is 0 Å². The molecule has 0 amide bonds. The quantitative estimate of drug-likeness (QED) is 0.881. The van der Waals surface area contributed by atoms with Crippen molar-refractivity contribution in [1.29, 1.82) is 0 Å². The highest BCUT2D eigenvalue weighted by Crippen LogP contribution is 2.24. The van der Waals surface area contributed by atoms with E-state index >= 15 is 0 Å². The van der Waals surface area contributed by atoms with Crippen molar-refractivity contribution in [2.75, 3.05) is 38.2 Å². The molecule has 0 aromatic heterocycles. The first-order valence-corrected chi connectivity index (χ1v) is 7.66. The summed E-state index contributed by atoms with van der Waals surface area (Å²) in [6.07, 6.45) is 2.18. The van der Waals surface area contributed by atoms with Crippen molar-refractivity contribution in [3.63, 3.8) is 0 Å². The number of piperazine rings is 1. The molecule has 1 aliphatic heterocycles. The minimum atomic E-state index is 0.109. The highest BCUT2D eigenvalue weighted by molar-refractivity contribution is 7.98. The third-order valence-corrected chi connectivity index (χ3v) is 4.10. The molecule has 1 aromatic carbocycles. The smallest absolute Gasteiger partial charge is 0.0535 e. The fraction of sp³-hybridized carbons (Fsp3) is 0.571. The molecule has 1 fully saturated rings. The van der Waals surface area contributed by atoms with Gasteiger partial charge < -0.3 is 5.32 Å². The minimum absolute atomic E-state index is 0.109. The van der Waals surface area contributed by atoms with Gasteiger partial charge in [0.15, 0.2) is 0 Å². The molecule has 1 heterocycles. The standard InChI is InChI=1S/C14H22N2S/c1-14(13-6-4-3-5-7-13)12-16(9-8-15-14)10-11-17-2/h3-7,15H,8-12H2,1-2H3. The summed E-state index contributed by atoms with van der Waals surface area (Å²) >= 11 is 1.93. The molecule has 0 radical (unpaired) electrons. The lowest BCUT2D eigenvalue weighted by Gasteiger charge is -2.42. The van der Waals surface area contributed by atoms with E-state index in [0.717, 1.165) is 13.1 Å². The second-order valence-electron chi connectivity index (χ2n) is 4.89. The van der Waals surface area contributed by atoms with E-state index in [1.54, 1.807) is 0 Å². The topological polar surface area (TPSA) is 15.3 Å². The van der Waals surface area contributed by atoms with Gasteiger partial charge in [0.1, 0.15) is 0 Å². The van der Waals surface area contributed by atoms with Crippen LogP contribution < -0.4 is 5.32 Å². The molecule has 94 valence electrons. The highest BCUT2D eigenvalue weighted by atomic mass is 32.2. The molecule has 1 N–H and O–H groups in total. The first-order chi connectivity index (χ1) is 8.24. The lowest BCUT2D eigenvalue weighted by Crippen LogP contribution is -2.56. The summed E-state index contributed by atoms with van der Waals surface area (Å²) in [4.78, 5) is 2.57. The first kappa shape index (κ1) is 12.9. The molecule has 2 rings (SSSR count). The van der Waals surface area contributed by atoms with Crippen LogP contribution in [0.4, 0.5) is 0 Å².